The highest BCUT2D eigenvalue weighted by Gasteiger charge is 2.25. The van der Waals surface area contributed by atoms with Crippen molar-refractivity contribution in [2.45, 2.75) is 12.3 Å². The molecule has 0 aromatic heterocycles. The maximum Gasteiger partial charge on any atom is 0.146 e. The van der Waals surface area contributed by atoms with E-state index in [2.05, 4.69) is 5.32 Å². The summed E-state index contributed by atoms with van der Waals surface area (Å²) in [5.74, 6) is -0.583. The van der Waals surface area contributed by atoms with Crippen LogP contribution in [-0.2, 0) is 0 Å². The second-order valence-electron chi connectivity index (χ2n) is 4.38. The van der Waals surface area contributed by atoms with E-state index >= 15 is 0 Å². The van der Waals surface area contributed by atoms with Crippen molar-refractivity contribution in [2.24, 2.45) is 0 Å². The lowest BCUT2D eigenvalue weighted by Crippen LogP contribution is -2.18. The van der Waals surface area contributed by atoms with Gasteiger partial charge in [-0.3, -0.25) is 0 Å². The van der Waals surface area contributed by atoms with Crippen molar-refractivity contribution in [1.82, 2.24) is 5.32 Å². The number of anilines is 1. The average Bonchev–Trinajstić information content (AvgIpc) is 2.73. The predicted molar refractivity (Wildman–Crippen MR) is 60.9 cm³/mol. The van der Waals surface area contributed by atoms with E-state index in [1.165, 1.54) is 12.1 Å². The number of nitrogens with one attached hydrogen (secondary N) is 1. The minimum absolute atomic E-state index is 0.0769. The van der Waals surface area contributed by atoms with Gasteiger partial charge in [0.15, 0.2) is 0 Å². The van der Waals surface area contributed by atoms with Gasteiger partial charge in [0.1, 0.15) is 11.6 Å². The Morgan fingerprint density at radius 3 is 2.50 bits per heavy atom. The summed E-state index contributed by atoms with van der Waals surface area (Å²) in [5, 5.41) is 3.18. The fourth-order valence-electron chi connectivity index (χ4n) is 2.30. The molecule has 2 nitrogen and oxygen atoms in total. The van der Waals surface area contributed by atoms with Crippen molar-refractivity contribution < 1.29 is 8.78 Å². The number of benzene rings is 1. The smallest absolute Gasteiger partial charge is 0.146 e. The summed E-state index contributed by atoms with van der Waals surface area (Å²) < 4.78 is 27.5. The molecule has 1 fully saturated rings. The van der Waals surface area contributed by atoms with Crippen molar-refractivity contribution in [2.75, 3.05) is 32.1 Å². The molecule has 0 amide bonds. The minimum atomic E-state index is -0.353. The first-order valence-corrected chi connectivity index (χ1v) is 5.47. The summed E-state index contributed by atoms with van der Waals surface area (Å²) in [5.41, 5.74) is 0.892. The Kier molecular flexibility index (Phi) is 3.10. The standard InChI is InChI=1S/C12H16F2N2/c1-16(2)12-10(14)4-3-9(13)11(12)8-5-6-15-7-8/h3-4,8,15H,5-7H2,1-2H3. The van der Waals surface area contributed by atoms with Gasteiger partial charge >= 0.3 is 0 Å². The van der Waals surface area contributed by atoms with Gasteiger partial charge in [0, 0.05) is 32.1 Å². The third kappa shape index (κ3) is 1.89. The van der Waals surface area contributed by atoms with Crippen LogP contribution in [0.1, 0.15) is 17.9 Å². The van der Waals surface area contributed by atoms with E-state index in [0.29, 0.717) is 11.3 Å². The molecule has 4 heteroatoms. The molecule has 88 valence electrons. The van der Waals surface area contributed by atoms with E-state index in [-0.39, 0.29) is 17.6 Å². The second-order valence-corrected chi connectivity index (χ2v) is 4.38. The van der Waals surface area contributed by atoms with Gasteiger partial charge in [-0.25, -0.2) is 8.78 Å². The molecule has 0 saturated carbocycles. The van der Waals surface area contributed by atoms with Gasteiger partial charge in [0.25, 0.3) is 0 Å². The molecule has 2 rings (SSSR count). The molecule has 1 aliphatic rings. The SMILES string of the molecule is CN(C)c1c(F)ccc(F)c1C1CCNC1. The number of hydrogen-bond acceptors (Lipinski definition) is 2. The fourth-order valence-corrected chi connectivity index (χ4v) is 2.30. The maximum atomic E-state index is 13.8. The summed E-state index contributed by atoms with van der Waals surface area (Å²) in [6.45, 7) is 1.59. The monoisotopic (exact) mass is 226 g/mol. The molecule has 16 heavy (non-hydrogen) atoms. The quantitative estimate of drug-likeness (QED) is 0.831. The lowest BCUT2D eigenvalue weighted by atomic mass is 9.95. The first-order valence-electron chi connectivity index (χ1n) is 5.47. The van der Waals surface area contributed by atoms with Crippen LogP contribution in [0.4, 0.5) is 14.5 Å². The van der Waals surface area contributed by atoms with Gasteiger partial charge < -0.3 is 10.2 Å². The van der Waals surface area contributed by atoms with Gasteiger partial charge in [0.2, 0.25) is 0 Å². The van der Waals surface area contributed by atoms with Crippen molar-refractivity contribution in [3.63, 3.8) is 0 Å². The zero-order chi connectivity index (χ0) is 11.7. The highest BCUT2D eigenvalue weighted by Crippen LogP contribution is 2.34. The molecule has 1 aliphatic heterocycles. The normalized spacial score (nSPS) is 20.1. The molecule has 0 bridgehead atoms. The van der Waals surface area contributed by atoms with Gasteiger partial charge in [-0.05, 0) is 25.1 Å². The van der Waals surface area contributed by atoms with Crippen LogP contribution in [0.3, 0.4) is 0 Å². The summed E-state index contributed by atoms with van der Waals surface area (Å²) in [7, 11) is 3.48. The third-order valence-corrected chi connectivity index (χ3v) is 3.03. The molecule has 0 aliphatic carbocycles. The molecule has 1 atom stereocenters. The molecule has 1 N–H and O–H groups in total. The Balaban J connectivity index is 2.51. The largest absolute Gasteiger partial charge is 0.375 e. The Labute approximate surface area is 94.3 Å². The summed E-state index contributed by atoms with van der Waals surface area (Å²) in [6, 6.07) is 2.41. The Morgan fingerprint density at radius 2 is 1.94 bits per heavy atom. The van der Waals surface area contributed by atoms with Crippen LogP contribution in [-0.4, -0.2) is 27.2 Å². The number of halogens is 2. The number of rotatable bonds is 2. The van der Waals surface area contributed by atoms with E-state index in [1.807, 2.05) is 0 Å². The molecular formula is C12H16F2N2. The van der Waals surface area contributed by atoms with Gasteiger partial charge in [-0.2, -0.15) is 0 Å². The van der Waals surface area contributed by atoms with Gasteiger partial charge in [-0.1, -0.05) is 0 Å². The van der Waals surface area contributed by atoms with Gasteiger partial charge in [0.05, 0.1) is 5.69 Å². The van der Waals surface area contributed by atoms with Crippen molar-refractivity contribution in [3.05, 3.63) is 29.3 Å². The van der Waals surface area contributed by atoms with Crippen molar-refractivity contribution in [1.29, 1.82) is 0 Å². The Morgan fingerprint density at radius 1 is 1.25 bits per heavy atom. The first-order chi connectivity index (χ1) is 7.61. The topological polar surface area (TPSA) is 15.3 Å². The lowest BCUT2D eigenvalue weighted by molar-refractivity contribution is 0.567. The number of nitrogens with zero attached hydrogens (tertiary/aromatic N) is 1. The van der Waals surface area contributed by atoms with E-state index in [4.69, 9.17) is 0 Å². The van der Waals surface area contributed by atoms with E-state index in [1.54, 1.807) is 19.0 Å². The zero-order valence-electron chi connectivity index (χ0n) is 9.56. The molecule has 1 aromatic rings. The summed E-state index contributed by atoms with van der Waals surface area (Å²) in [4.78, 5) is 1.64. The van der Waals surface area contributed by atoms with Crippen LogP contribution in [0.25, 0.3) is 0 Å². The first kappa shape index (κ1) is 11.3. The summed E-state index contributed by atoms with van der Waals surface area (Å²) in [6.07, 6.45) is 0.862. The van der Waals surface area contributed by atoms with Crippen molar-refractivity contribution in [3.8, 4) is 0 Å². The molecule has 0 spiro atoms. The molecule has 1 saturated heterocycles. The summed E-state index contributed by atoms with van der Waals surface area (Å²) >= 11 is 0. The highest BCUT2D eigenvalue weighted by atomic mass is 19.1. The average molecular weight is 226 g/mol. The van der Waals surface area contributed by atoms with E-state index < -0.39 is 0 Å². The van der Waals surface area contributed by atoms with Crippen LogP contribution in [0.2, 0.25) is 0 Å². The lowest BCUT2D eigenvalue weighted by Gasteiger charge is -2.22. The molecule has 1 heterocycles. The highest BCUT2D eigenvalue weighted by molar-refractivity contribution is 5.56. The van der Waals surface area contributed by atoms with E-state index in [0.717, 1.165) is 19.5 Å². The van der Waals surface area contributed by atoms with Crippen LogP contribution in [0, 0.1) is 11.6 Å². The number of hydrogen-bond donors (Lipinski definition) is 1. The van der Waals surface area contributed by atoms with Crippen molar-refractivity contribution >= 4 is 5.69 Å². The second kappa shape index (κ2) is 4.37. The van der Waals surface area contributed by atoms with Crippen LogP contribution >= 0.6 is 0 Å². The maximum absolute atomic E-state index is 13.8. The minimum Gasteiger partial charge on any atom is -0.375 e. The molecule has 0 radical (unpaired) electrons. The third-order valence-electron chi connectivity index (χ3n) is 3.03. The molecule has 1 aromatic carbocycles. The molecular weight excluding hydrogens is 210 g/mol. The van der Waals surface area contributed by atoms with Crippen LogP contribution in [0.5, 0.6) is 0 Å². The predicted octanol–water partition coefficient (Wildman–Crippen LogP) is 2.11. The zero-order valence-corrected chi connectivity index (χ0v) is 9.56. The van der Waals surface area contributed by atoms with Crippen LogP contribution < -0.4 is 10.2 Å². The van der Waals surface area contributed by atoms with Gasteiger partial charge in [-0.15, -0.1) is 0 Å². The fraction of sp³-hybridized carbons (Fsp3) is 0.500. The van der Waals surface area contributed by atoms with Crippen LogP contribution in [0.15, 0.2) is 12.1 Å². The Bertz CT molecular complexity index is 385. The Hall–Kier alpha value is -1.16. The van der Waals surface area contributed by atoms with E-state index in [9.17, 15) is 8.78 Å². The molecule has 1 unspecified atom stereocenters.